The third-order valence-corrected chi connectivity index (χ3v) is 4.54. The molecule has 1 heterocycles. The van der Waals surface area contributed by atoms with Crippen molar-refractivity contribution in [3.05, 3.63) is 120 Å². The molecule has 0 unspecified atom stereocenters. The maximum absolute atomic E-state index is 12.6. The van der Waals surface area contributed by atoms with E-state index in [0.717, 1.165) is 11.1 Å². The molecule has 0 saturated heterocycles. The molecule has 0 aliphatic carbocycles. The molecular formula is C26H22O5. The van der Waals surface area contributed by atoms with Crippen molar-refractivity contribution in [3.63, 3.8) is 0 Å². The summed E-state index contributed by atoms with van der Waals surface area (Å²) in [5.41, 5.74) is 2.40. The second kappa shape index (κ2) is 10.2. The summed E-state index contributed by atoms with van der Waals surface area (Å²) < 4.78 is 22.4. The van der Waals surface area contributed by atoms with Gasteiger partial charge in [-0.2, -0.15) is 0 Å². The number of furan rings is 1. The number of rotatable bonds is 9. The van der Waals surface area contributed by atoms with Gasteiger partial charge < -0.3 is 18.6 Å². The lowest BCUT2D eigenvalue weighted by atomic mass is 10.2. The molecule has 0 aliphatic heterocycles. The summed E-state index contributed by atoms with van der Waals surface area (Å²) in [5.74, 6) is 1.15. The largest absolute Gasteiger partial charge is 0.489 e. The van der Waals surface area contributed by atoms with Crippen LogP contribution in [0.3, 0.4) is 0 Å². The van der Waals surface area contributed by atoms with Gasteiger partial charge in [0.15, 0.2) is 0 Å². The Kier molecular flexibility index (Phi) is 6.65. The maximum atomic E-state index is 12.6. The van der Waals surface area contributed by atoms with Gasteiger partial charge in [0.05, 0.1) is 11.8 Å². The van der Waals surface area contributed by atoms with Gasteiger partial charge in [-0.05, 0) is 35.4 Å². The van der Waals surface area contributed by atoms with Crippen molar-refractivity contribution in [2.75, 3.05) is 0 Å². The van der Waals surface area contributed by atoms with E-state index in [0.29, 0.717) is 36.0 Å². The van der Waals surface area contributed by atoms with Gasteiger partial charge in [0.2, 0.25) is 0 Å². The Labute approximate surface area is 180 Å². The zero-order valence-corrected chi connectivity index (χ0v) is 16.9. The molecule has 0 bridgehead atoms. The van der Waals surface area contributed by atoms with Crippen molar-refractivity contribution >= 4 is 5.97 Å². The van der Waals surface area contributed by atoms with Crippen LogP contribution >= 0.6 is 0 Å². The van der Waals surface area contributed by atoms with Gasteiger partial charge in [-0.3, -0.25) is 0 Å². The third-order valence-electron chi connectivity index (χ3n) is 4.54. The summed E-state index contributed by atoms with van der Waals surface area (Å²) in [5, 5.41) is 0. The Morgan fingerprint density at radius 2 is 1.26 bits per heavy atom. The fourth-order valence-electron chi connectivity index (χ4n) is 2.95. The van der Waals surface area contributed by atoms with Gasteiger partial charge in [-0.15, -0.1) is 0 Å². The standard InChI is InChI=1S/C26H22O5/c27-26(31-19-23-12-7-13-28-23)22-14-24(29-17-20-8-3-1-4-9-20)16-25(15-22)30-18-21-10-5-2-6-11-21/h1-16H,17-19H2. The molecular weight excluding hydrogens is 392 g/mol. The smallest absolute Gasteiger partial charge is 0.338 e. The van der Waals surface area contributed by atoms with E-state index in [-0.39, 0.29) is 6.61 Å². The van der Waals surface area contributed by atoms with Crippen LogP contribution in [0, 0.1) is 0 Å². The molecule has 4 rings (SSSR count). The van der Waals surface area contributed by atoms with Crippen LogP contribution in [0.25, 0.3) is 0 Å². The summed E-state index contributed by atoms with van der Waals surface area (Å²) in [4.78, 5) is 12.6. The minimum Gasteiger partial charge on any atom is -0.489 e. The summed E-state index contributed by atoms with van der Waals surface area (Å²) in [6.07, 6.45) is 1.54. The highest BCUT2D eigenvalue weighted by Gasteiger charge is 2.13. The lowest BCUT2D eigenvalue weighted by molar-refractivity contribution is 0.0444. The van der Waals surface area contributed by atoms with Crippen LogP contribution in [-0.4, -0.2) is 5.97 Å². The molecule has 0 N–H and O–H groups in total. The van der Waals surface area contributed by atoms with E-state index in [2.05, 4.69) is 0 Å². The first-order valence-corrected chi connectivity index (χ1v) is 9.94. The molecule has 0 amide bonds. The molecule has 4 aromatic rings. The fourth-order valence-corrected chi connectivity index (χ4v) is 2.95. The highest BCUT2D eigenvalue weighted by atomic mass is 16.5. The van der Waals surface area contributed by atoms with Gasteiger partial charge in [-0.25, -0.2) is 4.79 Å². The van der Waals surface area contributed by atoms with E-state index in [9.17, 15) is 4.79 Å². The Morgan fingerprint density at radius 1 is 0.677 bits per heavy atom. The van der Waals surface area contributed by atoms with E-state index in [1.165, 1.54) is 6.26 Å². The lowest BCUT2D eigenvalue weighted by Gasteiger charge is -2.12. The van der Waals surface area contributed by atoms with E-state index >= 15 is 0 Å². The Morgan fingerprint density at radius 3 is 1.77 bits per heavy atom. The molecule has 1 aromatic heterocycles. The summed E-state index contributed by atoms with van der Waals surface area (Å²) in [6.45, 7) is 0.814. The fraction of sp³-hybridized carbons (Fsp3) is 0.115. The molecule has 31 heavy (non-hydrogen) atoms. The van der Waals surface area contributed by atoms with Gasteiger partial charge in [0.1, 0.15) is 37.1 Å². The number of hydrogen-bond acceptors (Lipinski definition) is 5. The highest BCUT2D eigenvalue weighted by Crippen LogP contribution is 2.25. The summed E-state index contributed by atoms with van der Waals surface area (Å²) in [6, 6.07) is 28.2. The van der Waals surface area contributed by atoms with E-state index in [4.69, 9.17) is 18.6 Å². The molecule has 5 heteroatoms. The molecule has 0 fully saturated rings. The number of benzene rings is 3. The molecule has 3 aromatic carbocycles. The first kappa shape index (κ1) is 20.3. The molecule has 0 saturated carbocycles. The normalized spacial score (nSPS) is 10.5. The van der Waals surface area contributed by atoms with Crippen molar-refractivity contribution in [1.82, 2.24) is 0 Å². The predicted octanol–water partition coefficient (Wildman–Crippen LogP) is 5.79. The van der Waals surface area contributed by atoms with Gasteiger partial charge in [0, 0.05) is 6.07 Å². The van der Waals surface area contributed by atoms with Crippen molar-refractivity contribution in [2.24, 2.45) is 0 Å². The van der Waals surface area contributed by atoms with Gasteiger partial charge in [0.25, 0.3) is 0 Å². The molecule has 0 spiro atoms. The Hall–Kier alpha value is -3.99. The first-order chi connectivity index (χ1) is 15.3. The topological polar surface area (TPSA) is 57.9 Å². The molecule has 5 nitrogen and oxygen atoms in total. The molecule has 0 radical (unpaired) electrons. The van der Waals surface area contributed by atoms with Crippen LogP contribution in [0.1, 0.15) is 27.2 Å². The van der Waals surface area contributed by atoms with E-state index in [1.807, 2.05) is 60.7 Å². The zero-order chi connectivity index (χ0) is 21.3. The Bertz CT molecular complexity index is 1030. The van der Waals surface area contributed by atoms with Crippen molar-refractivity contribution in [2.45, 2.75) is 19.8 Å². The number of ether oxygens (including phenoxy) is 3. The van der Waals surface area contributed by atoms with Crippen LogP contribution in [0.2, 0.25) is 0 Å². The zero-order valence-electron chi connectivity index (χ0n) is 16.9. The van der Waals surface area contributed by atoms with Crippen molar-refractivity contribution in [1.29, 1.82) is 0 Å². The summed E-state index contributed by atoms with van der Waals surface area (Å²) in [7, 11) is 0. The number of hydrogen-bond donors (Lipinski definition) is 0. The van der Waals surface area contributed by atoms with Crippen molar-refractivity contribution in [3.8, 4) is 11.5 Å². The SMILES string of the molecule is O=C(OCc1ccco1)c1cc(OCc2ccccc2)cc(OCc2ccccc2)c1. The average Bonchev–Trinajstić information content (AvgIpc) is 3.35. The Balaban J connectivity index is 1.49. The number of esters is 1. The lowest BCUT2D eigenvalue weighted by Crippen LogP contribution is -2.07. The van der Waals surface area contributed by atoms with Crippen LogP contribution < -0.4 is 9.47 Å². The van der Waals surface area contributed by atoms with Crippen LogP contribution in [0.4, 0.5) is 0 Å². The first-order valence-electron chi connectivity index (χ1n) is 9.94. The molecule has 0 atom stereocenters. The van der Waals surface area contributed by atoms with E-state index < -0.39 is 5.97 Å². The van der Waals surface area contributed by atoms with E-state index in [1.54, 1.807) is 30.3 Å². The minimum atomic E-state index is -0.480. The van der Waals surface area contributed by atoms with Crippen LogP contribution in [0.5, 0.6) is 11.5 Å². The van der Waals surface area contributed by atoms with Crippen LogP contribution in [0.15, 0.2) is 102 Å². The van der Waals surface area contributed by atoms with Gasteiger partial charge in [-0.1, -0.05) is 60.7 Å². The van der Waals surface area contributed by atoms with Gasteiger partial charge >= 0.3 is 5.97 Å². The predicted molar refractivity (Wildman–Crippen MR) is 116 cm³/mol. The number of carbonyl (C=O) groups excluding carboxylic acids is 1. The quantitative estimate of drug-likeness (QED) is 0.324. The minimum absolute atomic E-state index is 0.0567. The maximum Gasteiger partial charge on any atom is 0.338 e. The second-order valence-corrected chi connectivity index (χ2v) is 6.90. The number of carbonyl (C=O) groups is 1. The summed E-state index contributed by atoms with van der Waals surface area (Å²) >= 11 is 0. The monoisotopic (exact) mass is 414 g/mol. The highest BCUT2D eigenvalue weighted by molar-refractivity contribution is 5.90. The third kappa shape index (κ3) is 6.00. The van der Waals surface area contributed by atoms with Crippen molar-refractivity contribution < 1.29 is 23.4 Å². The average molecular weight is 414 g/mol. The second-order valence-electron chi connectivity index (χ2n) is 6.90. The molecule has 156 valence electrons. The molecule has 0 aliphatic rings. The van der Waals surface area contributed by atoms with Crippen LogP contribution in [-0.2, 0) is 24.6 Å².